The van der Waals surface area contributed by atoms with Gasteiger partial charge in [0.2, 0.25) is 0 Å². The molecule has 0 spiro atoms. The number of urea groups is 1. The summed E-state index contributed by atoms with van der Waals surface area (Å²) in [5.74, 6) is 1.79. The minimum atomic E-state index is -0.325. The van der Waals surface area contributed by atoms with Gasteiger partial charge in [0.25, 0.3) is 0 Å². The van der Waals surface area contributed by atoms with Gasteiger partial charge in [0.1, 0.15) is 0 Å². The van der Waals surface area contributed by atoms with Gasteiger partial charge in [0, 0.05) is 6.54 Å². The maximum atomic E-state index is 12.2. The second kappa shape index (κ2) is 9.05. The maximum absolute atomic E-state index is 12.2. The number of tetrazole rings is 1. The van der Waals surface area contributed by atoms with Gasteiger partial charge in [-0.1, -0.05) is 12.1 Å². The predicted molar refractivity (Wildman–Crippen MR) is 107 cm³/mol. The number of carbonyl (C=O) groups excluding carboxylic acids is 1. The molecule has 0 aliphatic carbocycles. The van der Waals surface area contributed by atoms with Crippen LogP contribution in [0.3, 0.4) is 0 Å². The molecule has 3 aromatic rings. The first-order valence-corrected chi connectivity index (χ1v) is 9.09. The Morgan fingerprint density at radius 2 is 1.72 bits per heavy atom. The van der Waals surface area contributed by atoms with Crippen molar-refractivity contribution in [1.29, 1.82) is 0 Å². The second-order valence-electron chi connectivity index (χ2n) is 6.50. The average molecular weight is 396 g/mol. The van der Waals surface area contributed by atoms with E-state index in [9.17, 15) is 4.79 Å². The van der Waals surface area contributed by atoms with Gasteiger partial charge in [-0.25, -0.2) is 4.79 Å². The Labute approximate surface area is 169 Å². The van der Waals surface area contributed by atoms with Crippen molar-refractivity contribution in [2.24, 2.45) is 0 Å². The summed E-state index contributed by atoms with van der Waals surface area (Å²) in [6.07, 6.45) is 0. The van der Waals surface area contributed by atoms with Crippen molar-refractivity contribution in [3.05, 3.63) is 58.9 Å². The van der Waals surface area contributed by atoms with Crippen LogP contribution in [0, 0.1) is 13.8 Å². The van der Waals surface area contributed by atoms with Gasteiger partial charge in [-0.3, -0.25) is 0 Å². The smallest absolute Gasteiger partial charge is 0.315 e. The molecule has 2 N–H and O–H groups in total. The predicted octanol–water partition coefficient (Wildman–Crippen LogP) is 2.30. The lowest BCUT2D eigenvalue weighted by molar-refractivity contribution is 0.239. The number of nitrogens with one attached hydrogen (secondary N) is 2. The lowest BCUT2D eigenvalue weighted by Crippen LogP contribution is -2.35. The number of benzene rings is 2. The lowest BCUT2D eigenvalue weighted by Gasteiger charge is -2.11. The van der Waals surface area contributed by atoms with E-state index in [0.29, 0.717) is 23.9 Å². The second-order valence-corrected chi connectivity index (χ2v) is 6.50. The Morgan fingerprint density at radius 3 is 2.45 bits per heavy atom. The van der Waals surface area contributed by atoms with Gasteiger partial charge in [-0.05, 0) is 65.2 Å². The molecule has 2 amide bonds. The molecule has 1 aromatic heterocycles. The highest BCUT2D eigenvalue weighted by atomic mass is 16.5. The summed E-state index contributed by atoms with van der Waals surface area (Å²) in [5.41, 5.74) is 4.07. The molecule has 0 fully saturated rings. The molecule has 2 aromatic carbocycles. The molecule has 152 valence electrons. The van der Waals surface area contributed by atoms with Crippen LogP contribution in [0.15, 0.2) is 36.4 Å². The number of nitrogens with zero attached hydrogens (tertiary/aromatic N) is 4. The van der Waals surface area contributed by atoms with Crippen LogP contribution < -0.4 is 20.1 Å². The molecule has 0 unspecified atom stereocenters. The van der Waals surface area contributed by atoms with Gasteiger partial charge in [-0.2, -0.15) is 4.68 Å². The maximum Gasteiger partial charge on any atom is 0.315 e. The first-order valence-electron chi connectivity index (χ1n) is 9.09. The van der Waals surface area contributed by atoms with E-state index in [4.69, 9.17) is 9.47 Å². The van der Waals surface area contributed by atoms with Gasteiger partial charge in [0.05, 0.1) is 26.5 Å². The van der Waals surface area contributed by atoms with Crippen LogP contribution in [0.5, 0.6) is 11.5 Å². The van der Waals surface area contributed by atoms with E-state index in [1.165, 1.54) is 5.56 Å². The molecule has 9 nitrogen and oxygen atoms in total. The third-order valence-electron chi connectivity index (χ3n) is 4.58. The summed E-state index contributed by atoms with van der Waals surface area (Å²) in [6, 6.07) is 11.1. The Morgan fingerprint density at radius 1 is 0.966 bits per heavy atom. The number of methoxy groups -OCH3 is 2. The van der Waals surface area contributed by atoms with E-state index < -0.39 is 0 Å². The van der Waals surface area contributed by atoms with Crippen LogP contribution in [0.1, 0.15) is 22.5 Å². The van der Waals surface area contributed by atoms with E-state index in [2.05, 4.69) is 26.2 Å². The van der Waals surface area contributed by atoms with Crippen molar-refractivity contribution >= 4 is 6.03 Å². The quantitative estimate of drug-likeness (QED) is 0.635. The average Bonchev–Trinajstić information content (AvgIpc) is 3.21. The van der Waals surface area contributed by atoms with Gasteiger partial charge in [-0.15, -0.1) is 5.10 Å². The number of aryl methyl sites for hydroxylation is 2. The van der Waals surface area contributed by atoms with E-state index in [0.717, 1.165) is 16.8 Å². The molecule has 0 saturated heterocycles. The molecule has 0 aliphatic rings. The summed E-state index contributed by atoms with van der Waals surface area (Å²) < 4.78 is 12.1. The minimum Gasteiger partial charge on any atom is -0.493 e. The van der Waals surface area contributed by atoms with Crippen molar-refractivity contribution in [2.45, 2.75) is 26.9 Å². The molecule has 0 radical (unpaired) electrons. The Kier molecular flexibility index (Phi) is 6.28. The highest BCUT2D eigenvalue weighted by Gasteiger charge is 2.11. The SMILES string of the molecule is COc1ccc(CNC(=O)NCc2nnnn2-c2ccc(C)c(C)c2)cc1OC. The van der Waals surface area contributed by atoms with Crippen LogP contribution in [0.4, 0.5) is 4.79 Å². The highest BCUT2D eigenvalue weighted by molar-refractivity contribution is 5.73. The van der Waals surface area contributed by atoms with Crippen molar-refractivity contribution < 1.29 is 14.3 Å². The van der Waals surface area contributed by atoms with Crippen LogP contribution in [0.25, 0.3) is 5.69 Å². The zero-order valence-electron chi connectivity index (χ0n) is 16.9. The van der Waals surface area contributed by atoms with Crippen molar-refractivity contribution in [2.75, 3.05) is 14.2 Å². The number of hydrogen-bond acceptors (Lipinski definition) is 6. The molecule has 29 heavy (non-hydrogen) atoms. The standard InChI is InChI=1S/C20H24N6O3/c1-13-5-7-16(9-14(13)2)26-19(23-24-25-26)12-22-20(27)21-11-15-6-8-17(28-3)18(10-15)29-4/h5-10H,11-12H2,1-4H3,(H2,21,22,27). The van der Waals surface area contributed by atoms with Crippen LogP contribution in [-0.4, -0.2) is 40.5 Å². The largest absolute Gasteiger partial charge is 0.493 e. The van der Waals surface area contributed by atoms with Gasteiger partial charge in [0.15, 0.2) is 17.3 Å². The molecular weight excluding hydrogens is 372 g/mol. The number of rotatable bonds is 7. The Balaban J connectivity index is 1.58. The lowest BCUT2D eigenvalue weighted by atomic mass is 10.1. The van der Waals surface area contributed by atoms with E-state index >= 15 is 0 Å². The van der Waals surface area contributed by atoms with Crippen molar-refractivity contribution in [3.63, 3.8) is 0 Å². The number of aromatic nitrogens is 4. The molecule has 0 bridgehead atoms. The number of amides is 2. The van der Waals surface area contributed by atoms with Crippen LogP contribution >= 0.6 is 0 Å². The topological polar surface area (TPSA) is 103 Å². The van der Waals surface area contributed by atoms with Gasteiger partial charge < -0.3 is 20.1 Å². The summed E-state index contributed by atoms with van der Waals surface area (Å²) in [5, 5.41) is 17.3. The molecule has 0 aliphatic heterocycles. The molecule has 1 heterocycles. The molecule has 0 saturated carbocycles. The number of carbonyl (C=O) groups is 1. The van der Waals surface area contributed by atoms with Crippen LogP contribution in [-0.2, 0) is 13.1 Å². The zero-order chi connectivity index (χ0) is 20.8. The third-order valence-corrected chi connectivity index (χ3v) is 4.58. The van der Waals surface area contributed by atoms with Crippen molar-refractivity contribution in [3.8, 4) is 17.2 Å². The molecule has 0 atom stereocenters. The summed E-state index contributed by atoms with van der Waals surface area (Å²) in [6.45, 7) is 4.61. The number of ether oxygens (including phenoxy) is 2. The summed E-state index contributed by atoms with van der Waals surface area (Å²) >= 11 is 0. The van der Waals surface area contributed by atoms with Crippen LogP contribution in [0.2, 0.25) is 0 Å². The monoisotopic (exact) mass is 396 g/mol. The molecule has 3 rings (SSSR count). The van der Waals surface area contributed by atoms with Gasteiger partial charge >= 0.3 is 6.03 Å². The van der Waals surface area contributed by atoms with E-state index in [-0.39, 0.29) is 12.6 Å². The normalized spacial score (nSPS) is 10.5. The number of hydrogen-bond donors (Lipinski definition) is 2. The first-order chi connectivity index (χ1) is 14.0. The van der Waals surface area contributed by atoms with E-state index in [1.54, 1.807) is 25.0 Å². The summed E-state index contributed by atoms with van der Waals surface area (Å²) in [4.78, 5) is 12.2. The fourth-order valence-corrected chi connectivity index (χ4v) is 2.77. The Hall–Kier alpha value is -3.62. The Bertz CT molecular complexity index is 1000. The van der Waals surface area contributed by atoms with Crippen molar-refractivity contribution in [1.82, 2.24) is 30.8 Å². The minimum absolute atomic E-state index is 0.192. The first kappa shape index (κ1) is 20.1. The fraction of sp³-hybridized carbons (Fsp3) is 0.300. The molecular formula is C20H24N6O3. The fourth-order valence-electron chi connectivity index (χ4n) is 2.77. The van der Waals surface area contributed by atoms with E-state index in [1.807, 2.05) is 44.2 Å². The molecule has 9 heteroatoms. The zero-order valence-corrected chi connectivity index (χ0v) is 16.9. The third kappa shape index (κ3) is 4.81. The summed E-state index contributed by atoms with van der Waals surface area (Å²) in [7, 11) is 3.15. The highest BCUT2D eigenvalue weighted by Crippen LogP contribution is 2.27.